The Morgan fingerprint density at radius 3 is 2.24 bits per heavy atom. The van der Waals surface area contributed by atoms with Crippen LogP contribution in [0.5, 0.6) is 0 Å². The molecule has 1 rings (SSSR count). The van der Waals surface area contributed by atoms with Gasteiger partial charge in [0.05, 0.1) is 6.61 Å². The van der Waals surface area contributed by atoms with Gasteiger partial charge in [-0.15, -0.1) is 0 Å². The van der Waals surface area contributed by atoms with Crippen molar-refractivity contribution in [1.82, 2.24) is 5.32 Å². The molecule has 124 valence electrons. The molecular weight excluding hydrogens is 282 g/mol. The molecule has 8 heteroatoms. The molecule has 0 unspecified atom stereocenters. The summed E-state index contributed by atoms with van der Waals surface area (Å²) >= 11 is 0. The number of rotatable bonds is 7. The molecule has 0 saturated carbocycles. The van der Waals surface area contributed by atoms with E-state index in [1.54, 1.807) is 13.8 Å². The van der Waals surface area contributed by atoms with E-state index in [4.69, 9.17) is 24.1 Å². The average Bonchev–Trinajstić information content (AvgIpc) is 2.73. The zero-order chi connectivity index (χ0) is 16.2. The van der Waals surface area contributed by atoms with Gasteiger partial charge in [-0.05, 0) is 13.8 Å². The van der Waals surface area contributed by atoms with E-state index in [0.29, 0.717) is 0 Å². The van der Waals surface area contributed by atoms with Gasteiger partial charge in [-0.2, -0.15) is 0 Å². The first-order valence-electron chi connectivity index (χ1n) is 6.73. The van der Waals surface area contributed by atoms with Crippen molar-refractivity contribution >= 4 is 5.91 Å². The van der Waals surface area contributed by atoms with Crippen LogP contribution < -0.4 is 5.32 Å². The number of carbonyl (C=O) groups is 1. The quantitative estimate of drug-likeness (QED) is 0.517. The van der Waals surface area contributed by atoms with E-state index in [9.17, 15) is 9.90 Å². The number of amides is 1. The molecule has 1 fully saturated rings. The first-order valence-corrected chi connectivity index (χ1v) is 6.73. The summed E-state index contributed by atoms with van der Waals surface area (Å²) in [7, 11) is 2.86. The molecule has 0 spiro atoms. The maximum atomic E-state index is 11.4. The first-order chi connectivity index (χ1) is 9.75. The lowest BCUT2D eigenvalue weighted by atomic mass is 10.0. The van der Waals surface area contributed by atoms with Crippen molar-refractivity contribution < 1.29 is 34.0 Å². The van der Waals surface area contributed by atoms with Crippen molar-refractivity contribution in [2.45, 2.75) is 57.2 Å². The predicted molar refractivity (Wildman–Crippen MR) is 72.3 cm³/mol. The first kappa shape index (κ1) is 18.3. The van der Waals surface area contributed by atoms with E-state index in [1.807, 2.05) is 0 Å². The molecule has 1 saturated heterocycles. The zero-order valence-corrected chi connectivity index (χ0v) is 13.0. The normalized spacial score (nSPS) is 27.6. The second-order valence-electron chi connectivity index (χ2n) is 5.38. The van der Waals surface area contributed by atoms with E-state index in [2.05, 4.69) is 5.32 Å². The Labute approximate surface area is 124 Å². The van der Waals surface area contributed by atoms with Crippen LogP contribution in [-0.4, -0.2) is 73.4 Å². The molecular formula is C13H25NO7. The van der Waals surface area contributed by atoms with Gasteiger partial charge >= 0.3 is 0 Å². The Morgan fingerprint density at radius 1 is 1.29 bits per heavy atom. The molecule has 0 aromatic heterocycles. The van der Waals surface area contributed by atoms with Gasteiger partial charge in [0.25, 0.3) is 0 Å². The van der Waals surface area contributed by atoms with Gasteiger partial charge in [-0.25, -0.2) is 0 Å². The molecule has 8 nitrogen and oxygen atoms in total. The molecule has 21 heavy (non-hydrogen) atoms. The van der Waals surface area contributed by atoms with Crippen molar-refractivity contribution in [3.05, 3.63) is 0 Å². The van der Waals surface area contributed by atoms with E-state index in [0.717, 1.165) is 0 Å². The average molecular weight is 307 g/mol. The minimum Gasteiger partial charge on any atom is -0.394 e. The summed E-state index contributed by atoms with van der Waals surface area (Å²) in [4.78, 5) is 11.4. The van der Waals surface area contributed by atoms with Crippen molar-refractivity contribution in [3.63, 3.8) is 0 Å². The summed E-state index contributed by atoms with van der Waals surface area (Å²) < 4.78 is 21.8. The van der Waals surface area contributed by atoms with E-state index < -0.39 is 43.0 Å². The number of hydrogen-bond donors (Lipinski definition) is 3. The fourth-order valence-corrected chi connectivity index (χ4v) is 2.43. The summed E-state index contributed by atoms with van der Waals surface area (Å²) in [5.41, 5.74) is 0. The summed E-state index contributed by atoms with van der Waals surface area (Å²) in [5, 5.41) is 21.8. The standard InChI is InChI=1S/C13H25NO7/c1-7(16)14-9(12(18-4)19-5)11-10(8(17)6-15)20-13(2,3)21-11/h8-12,15,17H,6H2,1-5H3,(H,14,16)/t8-,9-,10-,11-/m1/s1. The van der Waals surface area contributed by atoms with Gasteiger partial charge in [-0.1, -0.05) is 0 Å². The molecule has 0 radical (unpaired) electrons. The minimum atomic E-state index is -1.15. The Hall–Kier alpha value is -0.770. The fraction of sp³-hybridized carbons (Fsp3) is 0.923. The molecule has 0 aromatic rings. The molecule has 0 aromatic carbocycles. The van der Waals surface area contributed by atoms with Gasteiger partial charge < -0.3 is 34.5 Å². The molecule has 1 amide bonds. The summed E-state index contributed by atoms with van der Waals surface area (Å²) in [5.74, 6) is -1.27. The minimum absolute atomic E-state index is 0.301. The summed E-state index contributed by atoms with van der Waals surface area (Å²) in [6.45, 7) is 4.24. The number of aliphatic hydroxyl groups excluding tert-OH is 2. The van der Waals surface area contributed by atoms with E-state index in [-0.39, 0.29) is 5.91 Å². The number of carbonyl (C=O) groups excluding carboxylic acids is 1. The largest absolute Gasteiger partial charge is 0.394 e. The Kier molecular flexibility index (Phi) is 6.51. The van der Waals surface area contributed by atoms with Crippen LogP contribution in [-0.2, 0) is 23.7 Å². The highest BCUT2D eigenvalue weighted by molar-refractivity contribution is 5.73. The van der Waals surface area contributed by atoms with Crippen molar-refractivity contribution in [2.24, 2.45) is 0 Å². The zero-order valence-electron chi connectivity index (χ0n) is 13.0. The SMILES string of the molecule is COC(OC)[C@H](NC(C)=O)[C@H]1OC(C)(C)O[C@@H]1[C@H](O)CO. The Balaban J connectivity index is 3.04. The van der Waals surface area contributed by atoms with Gasteiger partial charge in [0, 0.05) is 21.1 Å². The van der Waals surface area contributed by atoms with Gasteiger partial charge in [0.15, 0.2) is 12.1 Å². The molecule has 0 bridgehead atoms. The van der Waals surface area contributed by atoms with Crippen LogP contribution in [0.25, 0.3) is 0 Å². The number of hydrogen-bond acceptors (Lipinski definition) is 7. The van der Waals surface area contributed by atoms with Gasteiger partial charge in [0.1, 0.15) is 24.4 Å². The van der Waals surface area contributed by atoms with Crippen LogP contribution >= 0.6 is 0 Å². The lowest BCUT2D eigenvalue weighted by Gasteiger charge is -2.32. The highest BCUT2D eigenvalue weighted by Crippen LogP contribution is 2.33. The second-order valence-corrected chi connectivity index (χ2v) is 5.38. The lowest BCUT2D eigenvalue weighted by molar-refractivity contribution is -0.176. The third kappa shape index (κ3) is 4.60. The van der Waals surface area contributed by atoms with Crippen molar-refractivity contribution in [3.8, 4) is 0 Å². The van der Waals surface area contributed by atoms with E-state index >= 15 is 0 Å². The number of nitrogens with one attached hydrogen (secondary N) is 1. The van der Waals surface area contributed by atoms with Gasteiger partial charge in [0.2, 0.25) is 5.91 Å². The third-order valence-electron chi connectivity index (χ3n) is 3.21. The van der Waals surface area contributed by atoms with E-state index in [1.165, 1.54) is 21.1 Å². The second kappa shape index (κ2) is 7.48. The highest BCUT2D eigenvalue weighted by atomic mass is 16.8. The summed E-state index contributed by atoms with van der Waals surface area (Å²) in [6, 6.07) is -0.703. The number of methoxy groups -OCH3 is 2. The Morgan fingerprint density at radius 2 is 1.81 bits per heavy atom. The van der Waals surface area contributed by atoms with Crippen molar-refractivity contribution in [2.75, 3.05) is 20.8 Å². The van der Waals surface area contributed by atoms with Crippen LogP contribution in [0.4, 0.5) is 0 Å². The molecule has 1 aliphatic rings. The maximum Gasteiger partial charge on any atom is 0.217 e. The summed E-state index contributed by atoms with van der Waals surface area (Å²) in [6.07, 6.45) is -3.50. The molecule has 1 heterocycles. The monoisotopic (exact) mass is 307 g/mol. The highest BCUT2D eigenvalue weighted by Gasteiger charge is 2.50. The topological polar surface area (TPSA) is 106 Å². The van der Waals surface area contributed by atoms with Crippen LogP contribution in [0.15, 0.2) is 0 Å². The smallest absolute Gasteiger partial charge is 0.217 e. The van der Waals surface area contributed by atoms with Crippen LogP contribution in [0.1, 0.15) is 20.8 Å². The van der Waals surface area contributed by atoms with Crippen LogP contribution in [0.2, 0.25) is 0 Å². The van der Waals surface area contributed by atoms with Crippen LogP contribution in [0, 0.1) is 0 Å². The molecule has 4 atom stereocenters. The molecule has 3 N–H and O–H groups in total. The third-order valence-corrected chi connectivity index (χ3v) is 3.21. The lowest BCUT2D eigenvalue weighted by Crippen LogP contribution is -2.57. The van der Waals surface area contributed by atoms with Crippen molar-refractivity contribution in [1.29, 1.82) is 0 Å². The predicted octanol–water partition coefficient (Wildman–Crippen LogP) is -1.02. The fourth-order valence-electron chi connectivity index (χ4n) is 2.43. The number of aliphatic hydroxyl groups is 2. The number of ether oxygens (including phenoxy) is 4. The Bertz CT molecular complexity index is 345. The van der Waals surface area contributed by atoms with Crippen LogP contribution in [0.3, 0.4) is 0 Å². The van der Waals surface area contributed by atoms with Gasteiger partial charge in [-0.3, -0.25) is 4.79 Å². The molecule has 0 aliphatic carbocycles. The maximum absolute atomic E-state index is 11.4. The molecule has 1 aliphatic heterocycles.